The van der Waals surface area contributed by atoms with Crippen molar-refractivity contribution in [2.45, 2.75) is 0 Å². The normalized spacial score (nSPS) is 11.7. The molecule has 0 aliphatic heterocycles. The maximum absolute atomic E-state index is 5.89. The van der Waals surface area contributed by atoms with Crippen molar-refractivity contribution in [3.05, 3.63) is 108 Å². The lowest BCUT2D eigenvalue weighted by Crippen LogP contribution is -1.84. The van der Waals surface area contributed by atoms with Crippen molar-refractivity contribution < 1.29 is 8.83 Å². The molecule has 3 heterocycles. The molecule has 3 aromatic heterocycles. The maximum atomic E-state index is 5.89. The van der Waals surface area contributed by atoms with Crippen LogP contribution in [0.1, 0.15) is 11.1 Å². The van der Waals surface area contributed by atoms with Crippen molar-refractivity contribution in [2.24, 2.45) is 0 Å². The molecule has 1 N–H and O–H groups in total. The van der Waals surface area contributed by atoms with Gasteiger partial charge in [-0.1, -0.05) is 78.0 Å². The van der Waals surface area contributed by atoms with Gasteiger partial charge < -0.3 is 8.83 Å². The number of aromatic nitrogens is 5. The van der Waals surface area contributed by atoms with E-state index in [0.717, 1.165) is 44.5 Å². The van der Waals surface area contributed by atoms with E-state index in [1.165, 1.54) is 0 Å². The molecule has 0 aliphatic carbocycles. The average molecular weight is 482 g/mol. The third-order valence-electron chi connectivity index (χ3n) is 6.16. The molecule has 176 valence electrons. The van der Waals surface area contributed by atoms with Crippen molar-refractivity contribution in [2.75, 3.05) is 0 Å². The lowest BCUT2D eigenvalue weighted by Gasteiger charge is -2.01. The second-order valence-electron chi connectivity index (χ2n) is 8.59. The summed E-state index contributed by atoms with van der Waals surface area (Å²) < 4.78 is 11.8. The lowest BCUT2D eigenvalue weighted by atomic mass is 10.1. The van der Waals surface area contributed by atoms with Crippen LogP contribution >= 0.6 is 0 Å². The second-order valence-corrected chi connectivity index (χ2v) is 8.59. The molecule has 7 nitrogen and oxygen atoms in total. The lowest BCUT2D eigenvalue weighted by molar-refractivity contribution is 0.616. The second kappa shape index (κ2) is 8.73. The van der Waals surface area contributed by atoms with E-state index in [9.17, 15) is 0 Å². The predicted molar refractivity (Wildman–Crippen MR) is 143 cm³/mol. The first-order valence-corrected chi connectivity index (χ1v) is 11.8. The molecule has 7 heteroatoms. The van der Waals surface area contributed by atoms with Crippen LogP contribution in [0.3, 0.4) is 0 Å². The fourth-order valence-electron chi connectivity index (χ4n) is 4.24. The number of hydrogen-bond acceptors (Lipinski definition) is 6. The summed E-state index contributed by atoms with van der Waals surface area (Å²) in [5, 5.41) is 11.2. The van der Waals surface area contributed by atoms with E-state index >= 15 is 0 Å². The molecule has 0 atom stereocenters. The van der Waals surface area contributed by atoms with Crippen LogP contribution in [-0.2, 0) is 0 Å². The fourth-order valence-corrected chi connectivity index (χ4v) is 4.24. The summed E-state index contributed by atoms with van der Waals surface area (Å²) in [6, 6.07) is 31.7. The van der Waals surface area contributed by atoms with Gasteiger partial charge in [-0.05, 0) is 47.5 Å². The number of benzene rings is 4. The van der Waals surface area contributed by atoms with Gasteiger partial charge in [-0.2, -0.15) is 0 Å². The molecule has 0 radical (unpaired) electrons. The summed E-state index contributed by atoms with van der Waals surface area (Å²) in [4.78, 5) is 9.13. The Morgan fingerprint density at radius 3 is 1.73 bits per heavy atom. The number of H-pyrrole nitrogens is 1. The number of para-hydroxylation sites is 4. The topological polar surface area (TPSA) is 93.6 Å². The Hall–Kier alpha value is -5.30. The molecule has 0 spiro atoms. The SMILES string of the molecule is C(=C\c1ccc(-c2nn[nH]c2-c2nc3ccccc3o2)cc1)/c1ccc(-c2nc3ccccc3o2)cc1. The van der Waals surface area contributed by atoms with E-state index in [1.807, 2.05) is 84.9 Å². The molecule has 7 rings (SSSR count). The quantitative estimate of drug-likeness (QED) is 0.260. The Morgan fingerprint density at radius 2 is 1.11 bits per heavy atom. The third-order valence-corrected chi connectivity index (χ3v) is 6.16. The number of nitrogens with one attached hydrogen (secondary N) is 1. The molecule has 4 aromatic carbocycles. The molecule has 0 saturated heterocycles. The first kappa shape index (κ1) is 21.0. The summed E-state index contributed by atoms with van der Waals surface area (Å²) in [6.45, 7) is 0. The summed E-state index contributed by atoms with van der Waals surface area (Å²) in [5.74, 6) is 1.09. The minimum Gasteiger partial charge on any atom is -0.436 e. The predicted octanol–water partition coefficient (Wildman–Crippen LogP) is 7.26. The van der Waals surface area contributed by atoms with Crippen molar-refractivity contribution in [3.63, 3.8) is 0 Å². The van der Waals surface area contributed by atoms with E-state index in [2.05, 4.69) is 49.7 Å². The number of fused-ring (bicyclic) bond motifs is 2. The van der Waals surface area contributed by atoms with Crippen LogP contribution in [0.15, 0.2) is 106 Å². The monoisotopic (exact) mass is 481 g/mol. The van der Waals surface area contributed by atoms with E-state index in [1.54, 1.807) is 0 Å². The van der Waals surface area contributed by atoms with Gasteiger partial charge in [0.05, 0.1) is 0 Å². The van der Waals surface area contributed by atoms with Crippen molar-refractivity contribution >= 4 is 34.4 Å². The van der Waals surface area contributed by atoms with Gasteiger partial charge in [0.1, 0.15) is 22.4 Å². The van der Waals surface area contributed by atoms with Crippen LogP contribution in [0.5, 0.6) is 0 Å². The van der Waals surface area contributed by atoms with E-state index in [-0.39, 0.29) is 0 Å². The summed E-state index contributed by atoms with van der Waals surface area (Å²) in [7, 11) is 0. The fraction of sp³-hybridized carbons (Fsp3) is 0. The van der Waals surface area contributed by atoms with E-state index in [0.29, 0.717) is 23.2 Å². The van der Waals surface area contributed by atoms with Gasteiger partial charge in [0.2, 0.25) is 11.8 Å². The molecule has 0 fully saturated rings. The Balaban J connectivity index is 1.09. The largest absolute Gasteiger partial charge is 0.436 e. The maximum Gasteiger partial charge on any atom is 0.248 e. The van der Waals surface area contributed by atoms with E-state index in [4.69, 9.17) is 8.83 Å². The molecule has 0 amide bonds. The Kier molecular flexibility index (Phi) is 4.96. The minimum atomic E-state index is 0.464. The molecule has 37 heavy (non-hydrogen) atoms. The summed E-state index contributed by atoms with van der Waals surface area (Å²) >= 11 is 0. The highest BCUT2D eigenvalue weighted by Gasteiger charge is 2.17. The highest BCUT2D eigenvalue weighted by molar-refractivity contribution is 5.81. The van der Waals surface area contributed by atoms with Crippen LogP contribution < -0.4 is 0 Å². The number of rotatable bonds is 5. The number of oxazole rings is 2. The zero-order valence-corrected chi connectivity index (χ0v) is 19.5. The molecular formula is C30H19N5O2. The van der Waals surface area contributed by atoms with Gasteiger partial charge in [0.25, 0.3) is 0 Å². The summed E-state index contributed by atoms with van der Waals surface area (Å²) in [6.07, 6.45) is 4.15. The van der Waals surface area contributed by atoms with Crippen molar-refractivity contribution in [1.29, 1.82) is 0 Å². The standard InChI is InChI=1S/C30H19N5O2/c1-3-7-25-23(5-1)31-29(36-25)22-17-13-20(14-18-22)10-9-19-11-15-21(16-12-19)27-28(34-35-33-27)30-32-24-6-2-4-8-26(24)37-30/h1-18H,(H,33,34,35)/b10-9+. The van der Waals surface area contributed by atoms with Gasteiger partial charge in [0.15, 0.2) is 11.2 Å². The first-order valence-electron chi connectivity index (χ1n) is 11.8. The van der Waals surface area contributed by atoms with Crippen LogP contribution in [0.25, 0.3) is 68.6 Å². The Bertz CT molecular complexity index is 1810. The van der Waals surface area contributed by atoms with Crippen LogP contribution in [-0.4, -0.2) is 25.4 Å². The highest BCUT2D eigenvalue weighted by Crippen LogP contribution is 2.30. The Labute approximate surface area is 211 Å². The van der Waals surface area contributed by atoms with Gasteiger partial charge in [0, 0.05) is 11.1 Å². The number of nitrogens with zero attached hydrogens (tertiary/aromatic N) is 4. The number of hydrogen-bond donors (Lipinski definition) is 1. The molecule has 0 unspecified atom stereocenters. The smallest absolute Gasteiger partial charge is 0.248 e. The zero-order valence-electron chi connectivity index (χ0n) is 19.5. The Morgan fingerprint density at radius 1 is 0.568 bits per heavy atom. The van der Waals surface area contributed by atoms with Gasteiger partial charge >= 0.3 is 0 Å². The van der Waals surface area contributed by atoms with Crippen LogP contribution in [0.2, 0.25) is 0 Å². The van der Waals surface area contributed by atoms with Crippen molar-refractivity contribution in [1.82, 2.24) is 25.4 Å². The van der Waals surface area contributed by atoms with Crippen molar-refractivity contribution in [3.8, 4) is 34.3 Å². The molecule has 7 aromatic rings. The third kappa shape index (κ3) is 3.98. The van der Waals surface area contributed by atoms with Gasteiger partial charge in [-0.15, -0.1) is 5.10 Å². The highest BCUT2D eigenvalue weighted by atomic mass is 16.4. The van der Waals surface area contributed by atoms with Gasteiger partial charge in [-0.25, -0.2) is 9.97 Å². The minimum absolute atomic E-state index is 0.464. The van der Waals surface area contributed by atoms with Crippen LogP contribution in [0, 0.1) is 0 Å². The summed E-state index contributed by atoms with van der Waals surface area (Å²) in [5.41, 5.74) is 8.52. The zero-order chi connectivity index (χ0) is 24.6. The molecular weight excluding hydrogens is 462 g/mol. The molecule has 0 aliphatic rings. The first-order chi connectivity index (χ1) is 18.3. The number of aromatic amines is 1. The molecule has 0 saturated carbocycles. The van der Waals surface area contributed by atoms with Gasteiger partial charge in [-0.3, -0.25) is 5.10 Å². The van der Waals surface area contributed by atoms with E-state index < -0.39 is 0 Å². The van der Waals surface area contributed by atoms with Crippen LogP contribution in [0.4, 0.5) is 0 Å². The molecule has 0 bridgehead atoms. The average Bonchev–Trinajstić information content (AvgIpc) is 3.70.